The normalized spacial score (nSPS) is 39.2. The first-order valence-electron chi connectivity index (χ1n) is 8.53. The van der Waals surface area contributed by atoms with Gasteiger partial charge in [0.25, 0.3) is 0 Å². The first-order chi connectivity index (χ1) is 10.0. The van der Waals surface area contributed by atoms with Crippen molar-refractivity contribution in [2.75, 3.05) is 0 Å². The van der Waals surface area contributed by atoms with Crippen LogP contribution in [0.3, 0.4) is 0 Å². The smallest absolute Gasteiger partial charge is 0.0699 e. The highest BCUT2D eigenvalue weighted by Crippen LogP contribution is 2.59. The monoisotopic (exact) mass is 351 g/mol. The summed E-state index contributed by atoms with van der Waals surface area (Å²) >= 11 is 3.69. The summed E-state index contributed by atoms with van der Waals surface area (Å²) < 4.78 is 3.22. The average Bonchev–Trinajstić information content (AvgIpc) is 2.79. The fourth-order valence-electron chi connectivity index (χ4n) is 5.81. The van der Waals surface area contributed by atoms with Crippen LogP contribution in [0.1, 0.15) is 63.7 Å². The van der Waals surface area contributed by atoms with Crippen molar-refractivity contribution in [3.05, 3.63) is 16.4 Å². The first-order valence-corrected chi connectivity index (χ1v) is 9.32. The van der Waals surface area contributed by atoms with E-state index >= 15 is 0 Å². The lowest BCUT2D eigenvalue weighted by Crippen LogP contribution is -2.49. The number of halogens is 1. The van der Waals surface area contributed by atoms with Crippen LogP contribution in [0.2, 0.25) is 0 Å². The Morgan fingerprint density at radius 3 is 2.24 bits per heavy atom. The van der Waals surface area contributed by atoms with Crippen LogP contribution in [0.15, 0.2) is 10.7 Å². The Morgan fingerprint density at radius 2 is 1.71 bits per heavy atom. The molecule has 116 valence electrons. The van der Waals surface area contributed by atoms with Crippen LogP contribution in [0.25, 0.3) is 0 Å². The second-order valence-corrected chi connectivity index (χ2v) is 8.80. The van der Waals surface area contributed by atoms with Gasteiger partial charge in [0.05, 0.1) is 22.4 Å². The van der Waals surface area contributed by atoms with Gasteiger partial charge in [-0.15, -0.1) is 0 Å². The van der Waals surface area contributed by atoms with Gasteiger partial charge in [-0.2, -0.15) is 5.10 Å². The minimum Gasteiger partial charge on any atom is -0.322 e. The van der Waals surface area contributed by atoms with Crippen LogP contribution in [-0.2, 0) is 0 Å². The molecular weight excluding hydrogens is 326 g/mol. The Bertz CT molecular complexity index is 508. The molecule has 4 saturated carbocycles. The minimum atomic E-state index is 0.138. The summed E-state index contributed by atoms with van der Waals surface area (Å²) in [6.45, 7) is 4.37. The highest BCUT2D eigenvalue weighted by molar-refractivity contribution is 9.10. The lowest BCUT2D eigenvalue weighted by atomic mass is 9.50. The van der Waals surface area contributed by atoms with Gasteiger partial charge in [0, 0.05) is 6.04 Å². The molecule has 4 bridgehead atoms. The van der Waals surface area contributed by atoms with E-state index in [0.29, 0.717) is 12.0 Å². The molecule has 1 atom stereocenters. The van der Waals surface area contributed by atoms with Gasteiger partial charge in [-0.25, -0.2) is 0 Å². The number of rotatable bonds is 3. The molecule has 0 spiro atoms. The largest absolute Gasteiger partial charge is 0.322 e. The lowest BCUT2D eigenvalue weighted by molar-refractivity contribution is -0.0483. The summed E-state index contributed by atoms with van der Waals surface area (Å²) in [6.07, 6.45) is 9.14. The summed E-state index contributed by atoms with van der Waals surface area (Å²) in [5.74, 6) is 4.41. The molecular formula is C17H26BrN3. The molecule has 4 heteroatoms. The van der Waals surface area contributed by atoms with E-state index < -0.39 is 0 Å². The topological polar surface area (TPSA) is 43.8 Å². The van der Waals surface area contributed by atoms with Crippen molar-refractivity contribution in [3.8, 4) is 0 Å². The molecule has 0 saturated heterocycles. The zero-order valence-corrected chi connectivity index (χ0v) is 14.6. The number of nitrogens with zero attached hydrogens (tertiary/aromatic N) is 2. The lowest BCUT2D eigenvalue weighted by Gasteiger charge is -2.56. The summed E-state index contributed by atoms with van der Waals surface area (Å²) in [7, 11) is 0. The molecule has 1 heterocycles. The number of hydrogen-bond donors (Lipinski definition) is 1. The summed E-state index contributed by atoms with van der Waals surface area (Å²) in [4.78, 5) is 0. The molecule has 1 aromatic rings. The average molecular weight is 352 g/mol. The van der Waals surface area contributed by atoms with Crippen molar-refractivity contribution in [2.45, 2.75) is 58.0 Å². The highest BCUT2D eigenvalue weighted by Gasteiger charge is 2.50. The van der Waals surface area contributed by atoms with Crippen molar-refractivity contribution in [1.82, 2.24) is 9.78 Å². The molecule has 0 aliphatic heterocycles. The zero-order chi connectivity index (χ0) is 14.7. The van der Waals surface area contributed by atoms with Gasteiger partial charge in [-0.3, -0.25) is 4.68 Å². The Hall–Kier alpha value is -0.350. The molecule has 4 aliphatic rings. The highest BCUT2D eigenvalue weighted by atomic mass is 79.9. The van der Waals surface area contributed by atoms with Gasteiger partial charge < -0.3 is 5.73 Å². The maximum Gasteiger partial charge on any atom is 0.0699 e. The predicted octanol–water partition coefficient (Wildman–Crippen LogP) is 4.30. The molecule has 3 nitrogen and oxygen atoms in total. The van der Waals surface area contributed by atoms with E-state index in [9.17, 15) is 0 Å². The van der Waals surface area contributed by atoms with Crippen LogP contribution in [0.5, 0.6) is 0 Å². The standard InChI is InChI=1S/C17H26BrN3/c1-9(2)21-17(14(18)8-20-21)16(19)15-12-4-10-3-11(6-12)7-13(15)5-10/h8-13,15-16H,3-7,19H2,1-2H3. The van der Waals surface area contributed by atoms with Crippen LogP contribution >= 0.6 is 15.9 Å². The zero-order valence-electron chi connectivity index (χ0n) is 13.0. The van der Waals surface area contributed by atoms with Crippen molar-refractivity contribution >= 4 is 15.9 Å². The van der Waals surface area contributed by atoms with Crippen LogP contribution in [0.4, 0.5) is 0 Å². The summed E-state index contributed by atoms with van der Waals surface area (Å²) in [6, 6.07) is 0.508. The number of nitrogens with two attached hydrogens (primary N) is 1. The van der Waals surface area contributed by atoms with E-state index in [-0.39, 0.29) is 6.04 Å². The summed E-state index contributed by atoms with van der Waals surface area (Å²) in [5.41, 5.74) is 8.04. The van der Waals surface area contributed by atoms with E-state index in [4.69, 9.17) is 5.73 Å². The van der Waals surface area contributed by atoms with Gasteiger partial charge in [-0.1, -0.05) is 0 Å². The van der Waals surface area contributed by atoms with Crippen molar-refractivity contribution in [3.63, 3.8) is 0 Å². The molecule has 1 aromatic heterocycles. The third-order valence-electron chi connectivity index (χ3n) is 6.31. The van der Waals surface area contributed by atoms with Gasteiger partial charge in [0.1, 0.15) is 0 Å². The van der Waals surface area contributed by atoms with Crippen molar-refractivity contribution < 1.29 is 0 Å². The van der Waals surface area contributed by atoms with E-state index in [1.807, 2.05) is 6.20 Å². The molecule has 21 heavy (non-hydrogen) atoms. The predicted molar refractivity (Wildman–Crippen MR) is 87.8 cm³/mol. The second-order valence-electron chi connectivity index (χ2n) is 7.95. The molecule has 1 unspecified atom stereocenters. The fourth-order valence-corrected chi connectivity index (χ4v) is 6.35. The van der Waals surface area contributed by atoms with Gasteiger partial charge in [0.2, 0.25) is 0 Å². The Morgan fingerprint density at radius 1 is 1.14 bits per heavy atom. The van der Waals surface area contributed by atoms with Crippen LogP contribution in [-0.4, -0.2) is 9.78 Å². The summed E-state index contributed by atoms with van der Waals surface area (Å²) in [5, 5.41) is 4.54. The quantitative estimate of drug-likeness (QED) is 0.882. The van der Waals surface area contributed by atoms with Gasteiger partial charge in [-0.05, 0) is 91.5 Å². The second kappa shape index (κ2) is 5.09. The third-order valence-corrected chi connectivity index (χ3v) is 6.92. The van der Waals surface area contributed by atoms with E-state index in [2.05, 4.69) is 39.6 Å². The number of aromatic nitrogens is 2. The van der Waals surface area contributed by atoms with E-state index in [0.717, 1.165) is 28.1 Å². The molecule has 5 rings (SSSR count). The fraction of sp³-hybridized carbons (Fsp3) is 0.824. The van der Waals surface area contributed by atoms with E-state index in [1.165, 1.54) is 37.8 Å². The molecule has 4 aliphatic carbocycles. The maximum atomic E-state index is 6.81. The molecule has 2 N–H and O–H groups in total. The molecule has 0 aromatic carbocycles. The number of hydrogen-bond acceptors (Lipinski definition) is 2. The van der Waals surface area contributed by atoms with Crippen molar-refractivity contribution in [2.24, 2.45) is 35.3 Å². The molecule has 0 amide bonds. The van der Waals surface area contributed by atoms with Crippen LogP contribution < -0.4 is 5.73 Å². The van der Waals surface area contributed by atoms with Crippen LogP contribution in [0, 0.1) is 29.6 Å². The maximum absolute atomic E-state index is 6.81. The Labute approximate surface area is 135 Å². The SMILES string of the molecule is CC(C)n1ncc(Br)c1C(N)C1C2CC3CC(C2)CC1C3. The van der Waals surface area contributed by atoms with Crippen molar-refractivity contribution in [1.29, 1.82) is 0 Å². The minimum absolute atomic E-state index is 0.138. The molecule has 4 fully saturated rings. The van der Waals surface area contributed by atoms with Gasteiger partial charge in [0.15, 0.2) is 0 Å². The third kappa shape index (κ3) is 2.21. The van der Waals surface area contributed by atoms with E-state index in [1.54, 1.807) is 0 Å². The first kappa shape index (κ1) is 14.3. The Kier molecular flexibility index (Phi) is 3.45. The van der Waals surface area contributed by atoms with Gasteiger partial charge >= 0.3 is 0 Å². The molecule has 0 radical (unpaired) electrons. The Balaban J connectivity index is 1.66.